The lowest BCUT2D eigenvalue weighted by molar-refractivity contribution is -0.120. The van der Waals surface area contributed by atoms with E-state index in [9.17, 15) is 0 Å². The molecule has 1 aliphatic carbocycles. The van der Waals surface area contributed by atoms with Gasteiger partial charge in [0.05, 0.1) is 5.60 Å². The van der Waals surface area contributed by atoms with E-state index in [0.717, 1.165) is 13.0 Å². The van der Waals surface area contributed by atoms with Gasteiger partial charge in [-0.3, -0.25) is 0 Å². The third-order valence-corrected chi connectivity index (χ3v) is 6.00. The zero-order chi connectivity index (χ0) is 13.3. The summed E-state index contributed by atoms with van der Waals surface area (Å²) in [5.41, 5.74) is 6.70. The minimum absolute atomic E-state index is 0.172. The second-order valence-corrected chi connectivity index (χ2v) is 7.64. The van der Waals surface area contributed by atoms with Crippen molar-refractivity contribution in [2.75, 3.05) is 6.61 Å². The minimum atomic E-state index is 0.172. The minimum Gasteiger partial charge on any atom is -0.375 e. The van der Waals surface area contributed by atoms with Gasteiger partial charge in [-0.2, -0.15) is 0 Å². The van der Waals surface area contributed by atoms with Gasteiger partial charge < -0.3 is 10.5 Å². The van der Waals surface area contributed by atoms with Crippen LogP contribution in [0.3, 0.4) is 0 Å². The number of hydrogen-bond donors (Lipinski definition) is 1. The number of thiophene rings is 1. The van der Waals surface area contributed by atoms with Crippen molar-refractivity contribution in [2.24, 2.45) is 11.7 Å². The van der Waals surface area contributed by atoms with Gasteiger partial charge in [-0.1, -0.05) is 19.3 Å². The molecule has 0 amide bonds. The molecule has 3 rings (SSSR count). The molecule has 1 aromatic heterocycles. The van der Waals surface area contributed by atoms with Gasteiger partial charge in [-0.25, -0.2) is 0 Å². The SMILES string of the molecule is Cc1ccc(C(N)C2CCOC3(CCCCC3)C2)s1. The van der Waals surface area contributed by atoms with Crippen molar-refractivity contribution >= 4 is 11.3 Å². The standard InChI is InChI=1S/C16H25NOS/c1-12-5-6-14(19-12)15(17)13-7-10-18-16(11-13)8-3-2-4-9-16/h5-6,13,15H,2-4,7-11,17H2,1H3. The van der Waals surface area contributed by atoms with Crippen LogP contribution in [0.15, 0.2) is 12.1 Å². The van der Waals surface area contributed by atoms with Crippen molar-refractivity contribution in [2.45, 2.75) is 63.5 Å². The van der Waals surface area contributed by atoms with Gasteiger partial charge in [0, 0.05) is 22.4 Å². The Morgan fingerprint density at radius 1 is 1.32 bits per heavy atom. The molecule has 0 bridgehead atoms. The Morgan fingerprint density at radius 2 is 2.11 bits per heavy atom. The van der Waals surface area contributed by atoms with E-state index < -0.39 is 0 Å². The number of aryl methyl sites for hydroxylation is 1. The highest BCUT2D eigenvalue weighted by molar-refractivity contribution is 7.12. The van der Waals surface area contributed by atoms with Crippen molar-refractivity contribution in [1.82, 2.24) is 0 Å². The smallest absolute Gasteiger partial charge is 0.0686 e. The van der Waals surface area contributed by atoms with Crippen LogP contribution in [0, 0.1) is 12.8 Å². The summed E-state index contributed by atoms with van der Waals surface area (Å²) < 4.78 is 6.18. The number of rotatable bonds is 2. The number of ether oxygens (including phenoxy) is 1. The molecule has 1 spiro atoms. The molecular formula is C16H25NOS. The summed E-state index contributed by atoms with van der Waals surface area (Å²) in [6, 6.07) is 4.62. The van der Waals surface area contributed by atoms with E-state index in [2.05, 4.69) is 19.1 Å². The second-order valence-electron chi connectivity index (χ2n) is 6.32. The molecule has 2 heterocycles. The first kappa shape index (κ1) is 13.6. The van der Waals surface area contributed by atoms with Crippen LogP contribution in [0.25, 0.3) is 0 Å². The summed E-state index contributed by atoms with van der Waals surface area (Å²) in [4.78, 5) is 2.72. The maximum atomic E-state index is 6.53. The Kier molecular flexibility index (Phi) is 3.97. The van der Waals surface area contributed by atoms with Crippen LogP contribution >= 0.6 is 11.3 Å². The van der Waals surface area contributed by atoms with E-state index in [1.165, 1.54) is 48.3 Å². The van der Waals surface area contributed by atoms with Crippen molar-refractivity contribution in [3.05, 3.63) is 21.9 Å². The maximum absolute atomic E-state index is 6.53. The Hall–Kier alpha value is -0.380. The molecule has 2 atom stereocenters. The summed E-state index contributed by atoms with van der Waals surface area (Å²) in [5, 5.41) is 0. The van der Waals surface area contributed by atoms with Gasteiger partial charge in [0.2, 0.25) is 0 Å². The van der Waals surface area contributed by atoms with E-state index in [-0.39, 0.29) is 11.6 Å². The summed E-state index contributed by atoms with van der Waals surface area (Å²) in [7, 11) is 0. The Morgan fingerprint density at radius 3 is 2.79 bits per heavy atom. The van der Waals surface area contributed by atoms with Gasteiger partial charge in [-0.15, -0.1) is 11.3 Å². The highest BCUT2D eigenvalue weighted by atomic mass is 32.1. The van der Waals surface area contributed by atoms with Crippen LogP contribution in [0.2, 0.25) is 0 Å². The average Bonchev–Trinajstić information content (AvgIpc) is 2.85. The summed E-state index contributed by atoms with van der Waals surface area (Å²) in [6.45, 7) is 3.07. The Labute approximate surface area is 120 Å². The van der Waals surface area contributed by atoms with Gasteiger partial charge in [0.1, 0.15) is 0 Å². The molecule has 0 aromatic carbocycles. The Balaban J connectivity index is 1.70. The summed E-state index contributed by atoms with van der Waals surface area (Å²) >= 11 is 1.86. The normalized spacial score (nSPS) is 28.4. The molecule has 1 aromatic rings. The number of hydrogen-bond acceptors (Lipinski definition) is 3. The van der Waals surface area contributed by atoms with E-state index in [4.69, 9.17) is 10.5 Å². The van der Waals surface area contributed by atoms with Gasteiger partial charge in [0.15, 0.2) is 0 Å². The van der Waals surface area contributed by atoms with E-state index in [1.54, 1.807) is 0 Å². The van der Waals surface area contributed by atoms with Crippen molar-refractivity contribution in [1.29, 1.82) is 0 Å². The third kappa shape index (κ3) is 2.88. The molecule has 2 fully saturated rings. The molecule has 19 heavy (non-hydrogen) atoms. The summed E-state index contributed by atoms with van der Waals surface area (Å²) in [6.07, 6.45) is 8.84. The lowest BCUT2D eigenvalue weighted by Crippen LogP contribution is -2.43. The van der Waals surface area contributed by atoms with Crippen molar-refractivity contribution < 1.29 is 4.74 Å². The fourth-order valence-corrected chi connectivity index (χ4v) is 4.75. The second kappa shape index (κ2) is 5.55. The zero-order valence-electron chi connectivity index (χ0n) is 11.9. The Bertz CT molecular complexity index is 417. The van der Waals surface area contributed by atoms with Crippen molar-refractivity contribution in [3.8, 4) is 0 Å². The van der Waals surface area contributed by atoms with Gasteiger partial charge in [-0.05, 0) is 50.7 Å². The summed E-state index contributed by atoms with van der Waals surface area (Å²) in [5.74, 6) is 0.602. The van der Waals surface area contributed by atoms with Crippen LogP contribution in [0.1, 0.15) is 60.7 Å². The fourth-order valence-electron chi connectivity index (χ4n) is 3.78. The van der Waals surface area contributed by atoms with Crippen LogP contribution < -0.4 is 5.73 Å². The van der Waals surface area contributed by atoms with E-state index in [0.29, 0.717) is 5.92 Å². The van der Waals surface area contributed by atoms with E-state index in [1.807, 2.05) is 11.3 Å². The lowest BCUT2D eigenvalue weighted by atomic mass is 9.74. The first-order chi connectivity index (χ1) is 9.19. The molecule has 3 heteroatoms. The van der Waals surface area contributed by atoms with Crippen molar-refractivity contribution in [3.63, 3.8) is 0 Å². The molecule has 1 saturated heterocycles. The molecule has 2 aliphatic rings. The van der Waals surface area contributed by atoms with Gasteiger partial charge in [0.25, 0.3) is 0 Å². The van der Waals surface area contributed by atoms with Gasteiger partial charge >= 0.3 is 0 Å². The highest BCUT2D eigenvalue weighted by Crippen LogP contribution is 2.44. The third-order valence-electron chi connectivity index (χ3n) is 4.89. The first-order valence-corrected chi connectivity index (χ1v) is 8.46. The average molecular weight is 279 g/mol. The molecule has 0 radical (unpaired) electrons. The predicted octanol–water partition coefficient (Wildman–Crippen LogP) is 4.19. The van der Waals surface area contributed by atoms with E-state index >= 15 is 0 Å². The molecule has 2 N–H and O–H groups in total. The quantitative estimate of drug-likeness (QED) is 0.881. The molecular weight excluding hydrogens is 254 g/mol. The fraction of sp³-hybridized carbons (Fsp3) is 0.750. The van der Waals surface area contributed by atoms with Crippen LogP contribution in [0.5, 0.6) is 0 Å². The monoisotopic (exact) mass is 279 g/mol. The zero-order valence-corrected chi connectivity index (χ0v) is 12.7. The number of nitrogens with two attached hydrogens (primary N) is 1. The molecule has 1 saturated carbocycles. The largest absolute Gasteiger partial charge is 0.375 e. The molecule has 2 unspecified atom stereocenters. The lowest BCUT2D eigenvalue weighted by Gasteiger charge is -2.44. The van der Waals surface area contributed by atoms with Crippen LogP contribution in [-0.4, -0.2) is 12.2 Å². The molecule has 106 valence electrons. The maximum Gasteiger partial charge on any atom is 0.0686 e. The predicted molar refractivity (Wildman–Crippen MR) is 80.5 cm³/mol. The highest BCUT2D eigenvalue weighted by Gasteiger charge is 2.40. The van der Waals surface area contributed by atoms with Crippen LogP contribution in [-0.2, 0) is 4.74 Å². The first-order valence-electron chi connectivity index (χ1n) is 7.64. The van der Waals surface area contributed by atoms with Crippen LogP contribution in [0.4, 0.5) is 0 Å². The topological polar surface area (TPSA) is 35.2 Å². The molecule has 2 nitrogen and oxygen atoms in total. The molecule has 1 aliphatic heterocycles.